The lowest BCUT2D eigenvalue weighted by atomic mass is 10.1. The highest BCUT2D eigenvalue weighted by Crippen LogP contribution is 2.26. The van der Waals surface area contributed by atoms with Crippen LogP contribution in [0.15, 0.2) is 28.7 Å². The van der Waals surface area contributed by atoms with Crippen molar-refractivity contribution in [3.8, 4) is 12.3 Å². The van der Waals surface area contributed by atoms with Gasteiger partial charge in [-0.2, -0.15) is 0 Å². The zero-order chi connectivity index (χ0) is 13.0. The number of hydrogen-bond donors (Lipinski definition) is 1. The molecule has 94 valence electrons. The Labute approximate surface area is 108 Å². The summed E-state index contributed by atoms with van der Waals surface area (Å²) < 4.78 is 5.77. The third-order valence-corrected chi connectivity index (χ3v) is 3.11. The molecule has 0 unspecified atom stereocenters. The average molecular weight is 242 g/mol. The van der Waals surface area contributed by atoms with E-state index in [-0.39, 0.29) is 0 Å². The van der Waals surface area contributed by atoms with Gasteiger partial charge < -0.3 is 10.2 Å². The molecular formula is C15H18N2O. The first-order valence-electron chi connectivity index (χ1n) is 6.15. The minimum Gasteiger partial charge on any atom is -0.459 e. The largest absolute Gasteiger partial charge is 0.459 e. The van der Waals surface area contributed by atoms with E-state index in [2.05, 4.69) is 23.8 Å². The quantitative estimate of drug-likeness (QED) is 0.818. The van der Waals surface area contributed by atoms with E-state index in [1.165, 1.54) is 0 Å². The second-order valence-electron chi connectivity index (χ2n) is 4.21. The molecular weight excluding hydrogens is 224 g/mol. The zero-order valence-corrected chi connectivity index (χ0v) is 10.6. The second-order valence-corrected chi connectivity index (χ2v) is 4.21. The molecule has 1 aromatic heterocycles. The molecule has 3 nitrogen and oxygen atoms in total. The molecule has 2 N–H and O–H groups in total. The molecule has 0 fully saturated rings. The summed E-state index contributed by atoms with van der Waals surface area (Å²) in [6.45, 7) is 4.84. The second kappa shape index (κ2) is 5.72. The van der Waals surface area contributed by atoms with Gasteiger partial charge in [-0.1, -0.05) is 31.0 Å². The number of rotatable bonds is 5. The van der Waals surface area contributed by atoms with E-state index in [0.29, 0.717) is 13.1 Å². The Kier molecular flexibility index (Phi) is 4.03. The first-order chi connectivity index (χ1) is 8.80. The van der Waals surface area contributed by atoms with E-state index in [0.717, 1.165) is 35.4 Å². The summed E-state index contributed by atoms with van der Waals surface area (Å²) in [6, 6.07) is 8.01. The van der Waals surface area contributed by atoms with Crippen molar-refractivity contribution in [2.45, 2.75) is 20.0 Å². The number of hydrogen-bond acceptors (Lipinski definition) is 3. The summed E-state index contributed by atoms with van der Waals surface area (Å²) in [7, 11) is 0. The Morgan fingerprint density at radius 2 is 2.17 bits per heavy atom. The molecule has 0 aliphatic carbocycles. The predicted molar refractivity (Wildman–Crippen MR) is 73.9 cm³/mol. The van der Waals surface area contributed by atoms with E-state index < -0.39 is 0 Å². The highest BCUT2D eigenvalue weighted by atomic mass is 16.3. The third-order valence-electron chi connectivity index (χ3n) is 3.11. The maximum Gasteiger partial charge on any atom is 0.134 e. The minimum absolute atomic E-state index is 0.414. The third kappa shape index (κ3) is 2.40. The Morgan fingerprint density at radius 1 is 1.39 bits per heavy atom. The summed E-state index contributed by atoms with van der Waals surface area (Å²) >= 11 is 0. The van der Waals surface area contributed by atoms with Crippen LogP contribution in [-0.4, -0.2) is 18.0 Å². The molecule has 3 heteroatoms. The summed E-state index contributed by atoms with van der Waals surface area (Å²) in [5, 5.41) is 1.13. The molecule has 0 aliphatic heterocycles. The lowest BCUT2D eigenvalue weighted by Crippen LogP contribution is -2.23. The summed E-state index contributed by atoms with van der Waals surface area (Å²) in [6.07, 6.45) is 5.38. The number of benzene rings is 1. The summed E-state index contributed by atoms with van der Waals surface area (Å²) in [4.78, 5) is 2.19. The van der Waals surface area contributed by atoms with Crippen LogP contribution in [0.1, 0.15) is 18.2 Å². The molecule has 0 spiro atoms. The van der Waals surface area contributed by atoms with Gasteiger partial charge in [0.25, 0.3) is 0 Å². The van der Waals surface area contributed by atoms with Gasteiger partial charge >= 0.3 is 0 Å². The highest BCUT2D eigenvalue weighted by molar-refractivity contribution is 5.82. The first-order valence-corrected chi connectivity index (χ1v) is 6.15. The van der Waals surface area contributed by atoms with E-state index in [1.54, 1.807) is 0 Å². The number of nitrogens with two attached hydrogens (primary N) is 1. The molecule has 2 rings (SSSR count). The number of para-hydroxylation sites is 1. The van der Waals surface area contributed by atoms with Crippen molar-refractivity contribution in [2.24, 2.45) is 5.73 Å². The molecule has 0 saturated carbocycles. The Morgan fingerprint density at radius 3 is 2.83 bits per heavy atom. The van der Waals surface area contributed by atoms with Crippen LogP contribution in [-0.2, 0) is 13.1 Å². The fourth-order valence-electron chi connectivity index (χ4n) is 2.12. The summed E-state index contributed by atoms with van der Waals surface area (Å²) in [5.41, 5.74) is 7.80. The van der Waals surface area contributed by atoms with Crippen LogP contribution in [0.2, 0.25) is 0 Å². The van der Waals surface area contributed by atoms with Crippen molar-refractivity contribution in [1.29, 1.82) is 0 Å². The molecule has 0 amide bonds. The molecule has 0 radical (unpaired) electrons. The van der Waals surface area contributed by atoms with Crippen molar-refractivity contribution in [3.63, 3.8) is 0 Å². The number of furan rings is 1. The van der Waals surface area contributed by atoms with Gasteiger partial charge in [-0.05, 0) is 12.6 Å². The van der Waals surface area contributed by atoms with Crippen molar-refractivity contribution < 1.29 is 4.42 Å². The molecule has 1 heterocycles. The van der Waals surface area contributed by atoms with Gasteiger partial charge in [-0.25, -0.2) is 0 Å². The van der Waals surface area contributed by atoms with Crippen LogP contribution in [0, 0.1) is 12.3 Å². The van der Waals surface area contributed by atoms with Crippen molar-refractivity contribution in [2.75, 3.05) is 13.1 Å². The summed E-state index contributed by atoms with van der Waals surface area (Å²) in [5.74, 6) is 3.53. The minimum atomic E-state index is 0.414. The molecule has 0 atom stereocenters. The number of nitrogens with zero attached hydrogens (tertiary/aromatic N) is 1. The molecule has 0 aliphatic rings. The zero-order valence-electron chi connectivity index (χ0n) is 10.6. The van der Waals surface area contributed by atoms with Gasteiger partial charge in [0, 0.05) is 17.5 Å². The monoisotopic (exact) mass is 242 g/mol. The van der Waals surface area contributed by atoms with Gasteiger partial charge in [0.1, 0.15) is 11.3 Å². The van der Waals surface area contributed by atoms with Crippen LogP contribution in [0.3, 0.4) is 0 Å². The Bertz CT molecular complexity index is 565. The number of fused-ring (bicyclic) bond motifs is 1. The molecule has 0 bridgehead atoms. The van der Waals surface area contributed by atoms with E-state index in [1.807, 2.05) is 18.2 Å². The van der Waals surface area contributed by atoms with Crippen LogP contribution < -0.4 is 5.73 Å². The average Bonchev–Trinajstić information content (AvgIpc) is 2.76. The fraction of sp³-hybridized carbons (Fsp3) is 0.333. The van der Waals surface area contributed by atoms with Crippen LogP contribution >= 0.6 is 0 Å². The van der Waals surface area contributed by atoms with E-state index in [4.69, 9.17) is 16.6 Å². The molecule has 18 heavy (non-hydrogen) atoms. The normalized spacial score (nSPS) is 11.0. The Hall–Kier alpha value is -1.76. The first kappa shape index (κ1) is 12.7. The maximum atomic E-state index is 5.77. The van der Waals surface area contributed by atoms with Crippen LogP contribution in [0.5, 0.6) is 0 Å². The van der Waals surface area contributed by atoms with Crippen LogP contribution in [0.25, 0.3) is 11.0 Å². The van der Waals surface area contributed by atoms with Crippen molar-refractivity contribution in [3.05, 3.63) is 35.6 Å². The highest BCUT2D eigenvalue weighted by Gasteiger charge is 2.14. The van der Waals surface area contributed by atoms with E-state index >= 15 is 0 Å². The SMILES string of the molecule is C#CCN(CC)Cc1c(CN)oc2ccccc12. The maximum absolute atomic E-state index is 5.77. The lowest BCUT2D eigenvalue weighted by molar-refractivity contribution is 0.314. The van der Waals surface area contributed by atoms with Gasteiger partial charge in [0.05, 0.1) is 13.1 Å². The van der Waals surface area contributed by atoms with Gasteiger partial charge in [-0.3, -0.25) is 4.90 Å². The lowest BCUT2D eigenvalue weighted by Gasteiger charge is -2.17. The number of terminal acetylenes is 1. The topological polar surface area (TPSA) is 42.4 Å². The van der Waals surface area contributed by atoms with Gasteiger partial charge in [0.15, 0.2) is 0 Å². The molecule has 2 aromatic rings. The van der Waals surface area contributed by atoms with Gasteiger partial charge in [0.2, 0.25) is 0 Å². The van der Waals surface area contributed by atoms with Crippen LogP contribution in [0.4, 0.5) is 0 Å². The Balaban J connectivity index is 2.39. The van der Waals surface area contributed by atoms with Crippen molar-refractivity contribution >= 4 is 11.0 Å². The smallest absolute Gasteiger partial charge is 0.134 e. The molecule has 1 aromatic carbocycles. The van der Waals surface area contributed by atoms with E-state index in [9.17, 15) is 0 Å². The van der Waals surface area contributed by atoms with Crippen molar-refractivity contribution in [1.82, 2.24) is 4.90 Å². The van der Waals surface area contributed by atoms with Gasteiger partial charge in [-0.15, -0.1) is 6.42 Å². The predicted octanol–water partition coefficient (Wildman–Crippen LogP) is 2.35. The molecule has 0 saturated heterocycles. The standard InChI is InChI=1S/C15H18N2O/c1-3-9-17(4-2)11-13-12-7-5-6-8-14(12)18-15(13)10-16/h1,5-8H,4,9-11,16H2,2H3. The fourth-order valence-corrected chi connectivity index (χ4v) is 2.12.